The van der Waals surface area contributed by atoms with Crippen LogP contribution in [0.4, 0.5) is 0 Å². The molecule has 0 unspecified atom stereocenters. The third kappa shape index (κ3) is 6.89. The van der Waals surface area contributed by atoms with E-state index in [1.807, 2.05) is 36.4 Å². The summed E-state index contributed by atoms with van der Waals surface area (Å²) in [6.45, 7) is 7.30. The van der Waals surface area contributed by atoms with Crippen molar-refractivity contribution >= 4 is 29.8 Å². The average Bonchev–Trinajstić information content (AvgIpc) is 2.92. The topological polar surface area (TPSA) is 17.1 Å². The minimum absolute atomic E-state index is 0.470. The smallest absolute Gasteiger partial charge is 0.171 e. The highest BCUT2D eigenvalue weighted by Gasteiger charge is 2.36. The summed E-state index contributed by atoms with van der Waals surface area (Å²) in [6.07, 6.45) is 10.5. The van der Waals surface area contributed by atoms with Gasteiger partial charge >= 0.3 is 0 Å². The van der Waals surface area contributed by atoms with E-state index in [1.165, 1.54) is 43.8 Å². The standard InChI is InChI=1S/C32H42BOP/c1-4-7-25-31(33(26-8-5-2)27-9-6-3)32(28-19-13-10-14-20-28)35(34,29-21-15-11-16-22-29)30-23-17-12-18-24-30/h10-24H,4-9,25-27H2,1-3H3/b32-31-. The van der Waals surface area contributed by atoms with Gasteiger partial charge in [-0.2, -0.15) is 0 Å². The highest BCUT2D eigenvalue weighted by atomic mass is 31.2. The van der Waals surface area contributed by atoms with Crippen molar-refractivity contribution in [3.05, 3.63) is 102 Å². The number of rotatable bonds is 14. The summed E-state index contributed by atoms with van der Waals surface area (Å²) < 4.78 is 15.7. The lowest BCUT2D eigenvalue weighted by Gasteiger charge is -2.29. The summed E-state index contributed by atoms with van der Waals surface area (Å²) in [5.41, 5.74) is 2.56. The molecule has 0 radical (unpaired) electrons. The summed E-state index contributed by atoms with van der Waals surface area (Å²) in [7, 11) is -3.09. The van der Waals surface area contributed by atoms with Crippen molar-refractivity contribution in [3.8, 4) is 0 Å². The summed E-state index contributed by atoms with van der Waals surface area (Å²) in [5, 5.41) is 2.97. The average molecular weight is 484 g/mol. The van der Waals surface area contributed by atoms with E-state index in [0.717, 1.165) is 40.7 Å². The van der Waals surface area contributed by atoms with Gasteiger partial charge < -0.3 is 4.57 Å². The molecule has 0 saturated carbocycles. The van der Waals surface area contributed by atoms with Gasteiger partial charge in [0.2, 0.25) is 0 Å². The summed E-state index contributed by atoms with van der Waals surface area (Å²) in [6, 6.07) is 31.1. The van der Waals surface area contributed by atoms with E-state index in [0.29, 0.717) is 6.71 Å². The maximum atomic E-state index is 15.7. The Morgan fingerprint density at radius 2 is 1.06 bits per heavy atom. The molecule has 1 nitrogen and oxygen atoms in total. The van der Waals surface area contributed by atoms with Gasteiger partial charge in [0.1, 0.15) is 0 Å². The van der Waals surface area contributed by atoms with Crippen molar-refractivity contribution in [1.29, 1.82) is 0 Å². The zero-order valence-corrected chi connectivity index (χ0v) is 22.9. The molecule has 35 heavy (non-hydrogen) atoms. The Morgan fingerprint density at radius 1 is 0.629 bits per heavy atom. The second-order valence-corrected chi connectivity index (χ2v) is 12.3. The second-order valence-electron chi connectivity index (χ2n) is 9.61. The first-order chi connectivity index (χ1) is 17.2. The predicted octanol–water partition coefficient (Wildman–Crippen LogP) is 9.24. The Hall–Kier alpha value is -2.31. The molecule has 0 aliphatic rings. The van der Waals surface area contributed by atoms with E-state index in [4.69, 9.17) is 0 Å². The molecule has 0 heterocycles. The lowest BCUT2D eigenvalue weighted by atomic mass is 9.38. The predicted molar refractivity (Wildman–Crippen MR) is 158 cm³/mol. The molecule has 0 N–H and O–H groups in total. The molecule has 0 amide bonds. The van der Waals surface area contributed by atoms with Gasteiger partial charge in [0.15, 0.2) is 13.9 Å². The van der Waals surface area contributed by atoms with E-state index in [9.17, 15) is 0 Å². The van der Waals surface area contributed by atoms with E-state index >= 15 is 4.57 Å². The van der Waals surface area contributed by atoms with E-state index in [2.05, 4.69) is 75.4 Å². The largest absolute Gasteiger partial charge is 0.309 e. The van der Waals surface area contributed by atoms with E-state index in [1.54, 1.807) is 0 Å². The molecular formula is C32H42BOP. The van der Waals surface area contributed by atoms with Crippen molar-refractivity contribution in [3.63, 3.8) is 0 Å². The van der Waals surface area contributed by atoms with Crippen molar-refractivity contribution in [2.24, 2.45) is 0 Å². The van der Waals surface area contributed by atoms with Gasteiger partial charge in [0.05, 0.1) is 0 Å². The minimum atomic E-state index is -3.09. The zero-order valence-electron chi connectivity index (χ0n) is 22.0. The highest BCUT2D eigenvalue weighted by Crippen LogP contribution is 2.59. The zero-order chi connectivity index (χ0) is 24.9. The Balaban J connectivity index is 2.39. The Labute approximate surface area is 214 Å². The van der Waals surface area contributed by atoms with Crippen LogP contribution in [0.3, 0.4) is 0 Å². The van der Waals surface area contributed by atoms with Gasteiger partial charge in [-0.25, -0.2) is 0 Å². The van der Waals surface area contributed by atoms with Crippen LogP contribution in [0.1, 0.15) is 71.3 Å². The first-order valence-corrected chi connectivity index (χ1v) is 15.4. The van der Waals surface area contributed by atoms with Crippen molar-refractivity contribution in [2.75, 3.05) is 0 Å². The number of hydrogen-bond donors (Lipinski definition) is 0. The minimum Gasteiger partial charge on any atom is -0.309 e. The van der Waals surface area contributed by atoms with Crippen LogP contribution in [-0.4, -0.2) is 6.71 Å². The van der Waals surface area contributed by atoms with Crippen LogP contribution >= 0.6 is 7.14 Å². The first-order valence-electron chi connectivity index (χ1n) is 13.7. The van der Waals surface area contributed by atoms with Gasteiger partial charge in [-0.05, 0) is 12.0 Å². The first kappa shape index (κ1) is 27.3. The molecule has 0 aliphatic heterocycles. The number of benzene rings is 3. The maximum absolute atomic E-state index is 15.7. The van der Waals surface area contributed by atoms with Crippen molar-refractivity contribution in [1.82, 2.24) is 0 Å². The lowest BCUT2D eigenvalue weighted by molar-refractivity contribution is 0.592. The van der Waals surface area contributed by atoms with Crippen LogP contribution < -0.4 is 10.6 Å². The molecule has 3 heteroatoms. The molecule has 0 aromatic heterocycles. The number of allylic oxidation sites excluding steroid dienone is 1. The Morgan fingerprint density at radius 3 is 1.49 bits per heavy atom. The Bertz CT molecular complexity index is 1020. The maximum Gasteiger partial charge on any atom is 0.171 e. The van der Waals surface area contributed by atoms with Crippen molar-refractivity contribution < 1.29 is 4.57 Å². The fourth-order valence-electron chi connectivity index (χ4n) is 5.13. The van der Waals surface area contributed by atoms with Crippen LogP contribution in [0, 0.1) is 0 Å². The molecule has 3 aromatic carbocycles. The fourth-order valence-corrected chi connectivity index (χ4v) is 8.34. The molecule has 0 atom stereocenters. The molecular weight excluding hydrogens is 442 g/mol. The quantitative estimate of drug-likeness (QED) is 0.165. The monoisotopic (exact) mass is 484 g/mol. The Kier molecular flexibility index (Phi) is 11.1. The van der Waals surface area contributed by atoms with Crippen LogP contribution in [0.15, 0.2) is 96.5 Å². The highest BCUT2D eigenvalue weighted by molar-refractivity contribution is 7.87. The third-order valence-electron chi connectivity index (χ3n) is 7.01. The molecule has 0 aliphatic carbocycles. The number of unbranched alkanes of at least 4 members (excludes halogenated alkanes) is 3. The molecule has 0 fully saturated rings. The summed E-state index contributed by atoms with van der Waals surface area (Å²) in [5.74, 6) is 0. The molecule has 184 valence electrons. The van der Waals surface area contributed by atoms with Crippen LogP contribution in [0.25, 0.3) is 5.31 Å². The van der Waals surface area contributed by atoms with E-state index < -0.39 is 7.14 Å². The van der Waals surface area contributed by atoms with Crippen LogP contribution in [-0.2, 0) is 4.57 Å². The molecule has 0 bridgehead atoms. The summed E-state index contributed by atoms with van der Waals surface area (Å²) >= 11 is 0. The molecule has 3 aromatic rings. The van der Waals surface area contributed by atoms with E-state index in [-0.39, 0.29) is 0 Å². The molecule has 3 rings (SSSR count). The van der Waals surface area contributed by atoms with Crippen LogP contribution in [0.2, 0.25) is 12.6 Å². The molecule has 0 spiro atoms. The normalized spacial score (nSPS) is 12.3. The van der Waals surface area contributed by atoms with Crippen molar-refractivity contribution in [2.45, 2.75) is 78.4 Å². The van der Waals surface area contributed by atoms with Gasteiger partial charge in [-0.3, -0.25) is 0 Å². The SMILES string of the molecule is CCCCB(CCCC)/C(CCCC)=C(/c1ccccc1)P(=O)(c1ccccc1)c1ccccc1. The molecule has 0 saturated heterocycles. The van der Waals surface area contributed by atoms with Gasteiger partial charge in [-0.15, -0.1) is 0 Å². The number of hydrogen-bond acceptors (Lipinski definition) is 1. The van der Waals surface area contributed by atoms with Crippen LogP contribution in [0.5, 0.6) is 0 Å². The second kappa shape index (κ2) is 14.3. The lowest BCUT2D eigenvalue weighted by Crippen LogP contribution is -2.23. The third-order valence-corrected chi connectivity index (χ3v) is 10.2. The van der Waals surface area contributed by atoms with Gasteiger partial charge in [-0.1, -0.05) is 168 Å². The van der Waals surface area contributed by atoms with Gasteiger partial charge in [0.25, 0.3) is 0 Å². The van der Waals surface area contributed by atoms with Gasteiger partial charge in [0, 0.05) is 15.9 Å². The summed E-state index contributed by atoms with van der Waals surface area (Å²) in [4.78, 5) is 0. The fraction of sp³-hybridized carbons (Fsp3) is 0.375.